The second kappa shape index (κ2) is 3.45. The molecule has 0 radical (unpaired) electrons. The van der Waals surface area contributed by atoms with Crippen LogP contribution in [0.4, 0.5) is 0 Å². The maximum Gasteiger partial charge on any atom is 0.253 e. The van der Waals surface area contributed by atoms with E-state index in [0.29, 0.717) is 12.6 Å². The molecule has 0 aromatic rings. The van der Waals surface area contributed by atoms with Gasteiger partial charge >= 0.3 is 0 Å². The molecule has 15 heavy (non-hydrogen) atoms. The van der Waals surface area contributed by atoms with Gasteiger partial charge in [0, 0.05) is 18.7 Å². The fourth-order valence-electron chi connectivity index (χ4n) is 1.83. The largest absolute Gasteiger partial charge is 0.367 e. The van der Waals surface area contributed by atoms with Gasteiger partial charge in [0.2, 0.25) is 0 Å². The standard InChI is InChI=1S/C11H15NO3/c1-11(2)8(15-11)4-3-7-12-9(13)5-6-10(12)14/h5-6,8H,3-4,7H2,1-2H3. The Labute approximate surface area is 88.9 Å². The summed E-state index contributed by atoms with van der Waals surface area (Å²) in [7, 11) is 0. The Morgan fingerprint density at radius 3 is 2.33 bits per heavy atom. The summed E-state index contributed by atoms with van der Waals surface area (Å²) in [5.41, 5.74) is -0.00270. The molecule has 1 atom stereocenters. The van der Waals surface area contributed by atoms with Crippen molar-refractivity contribution in [2.45, 2.75) is 38.4 Å². The average molecular weight is 209 g/mol. The van der Waals surface area contributed by atoms with E-state index in [9.17, 15) is 9.59 Å². The van der Waals surface area contributed by atoms with Crippen molar-refractivity contribution in [2.75, 3.05) is 6.54 Å². The van der Waals surface area contributed by atoms with E-state index in [1.54, 1.807) is 0 Å². The maximum atomic E-state index is 11.2. The SMILES string of the molecule is CC1(C)OC1CCCN1C(=O)C=CC1=O. The zero-order chi connectivity index (χ0) is 11.1. The molecule has 0 bridgehead atoms. The van der Waals surface area contributed by atoms with Crippen molar-refractivity contribution in [2.24, 2.45) is 0 Å². The van der Waals surface area contributed by atoms with Crippen LogP contribution in [0.5, 0.6) is 0 Å². The lowest BCUT2D eigenvalue weighted by Gasteiger charge is -2.12. The summed E-state index contributed by atoms with van der Waals surface area (Å²) in [6.07, 6.45) is 4.65. The number of epoxide rings is 1. The van der Waals surface area contributed by atoms with Crippen LogP contribution in [0.15, 0.2) is 12.2 Å². The van der Waals surface area contributed by atoms with Gasteiger partial charge in [-0.3, -0.25) is 14.5 Å². The van der Waals surface area contributed by atoms with Gasteiger partial charge in [0.05, 0.1) is 11.7 Å². The molecule has 82 valence electrons. The third-order valence-corrected chi connectivity index (χ3v) is 2.91. The molecule has 1 fully saturated rings. The third-order valence-electron chi connectivity index (χ3n) is 2.91. The first kappa shape index (κ1) is 10.4. The zero-order valence-corrected chi connectivity index (χ0v) is 9.03. The van der Waals surface area contributed by atoms with E-state index >= 15 is 0 Å². The molecule has 0 aromatic carbocycles. The highest BCUT2D eigenvalue weighted by Gasteiger charge is 2.46. The van der Waals surface area contributed by atoms with Crippen LogP contribution in [-0.4, -0.2) is 35.0 Å². The van der Waals surface area contributed by atoms with Crippen LogP contribution < -0.4 is 0 Å². The summed E-state index contributed by atoms with van der Waals surface area (Å²) < 4.78 is 5.42. The smallest absolute Gasteiger partial charge is 0.253 e. The second-order valence-electron chi connectivity index (χ2n) is 4.51. The minimum Gasteiger partial charge on any atom is -0.367 e. The fraction of sp³-hybridized carbons (Fsp3) is 0.636. The Hall–Kier alpha value is -1.16. The minimum atomic E-state index is -0.198. The van der Waals surface area contributed by atoms with Gasteiger partial charge in [-0.1, -0.05) is 0 Å². The van der Waals surface area contributed by atoms with Crippen molar-refractivity contribution in [1.29, 1.82) is 0 Å². The average Bonchev–Trinajstić information content (AvgIpc) is 2.64. The van der Waals surface area contributed by atoms with Gasteiger partial charge in [-0.2, -0.15) is 0 Å². The molecule has 0 saturated carbocycles. The van der Waals surface area contributed by atoms with Gasteiger partial charge in [-0.15, -0.1) is 0 Å². The molecule has 2 heterocycles. The molecule has 0 N–H and O–H groups in total. The van der Waals surface area contributed by atoms with Crippen molar-refractivity contribution < 1.29 is 14.3 Å². The van der Waals surface area contributed by atoms with Gasteiger partial charge in [0.1, 0.15) is 0 Å². The Kier molecular flexibility index (Phi) is 2.38. The Balaban J connectivity index is 1.71. The first-order chi connectivity index (χ1) is 7.00. The van der Waals surface area contributed by atoms with E-state index < -0.39 is 0 Å². The molecule has 4 nitrogen and oxygen atoms in total. The number of nitrogens with zero attached hydrogens (tertiary/aromatic N) is 1. The minimum absolute atomic E-state index is 0.00270. The molecule has 2 aliphatic heterocycles. The summed E-state index contributed by atoms with van der Waals surface area (Å²) in [5.74, 6) is -0.396. The topological polar surface area (TPSA) is 49.9 Å². The lowest BCUT2D eigenvalue weighted by Crippen LogP contribution is -2.31. The van der Waals surface area contributed by atoms with Crippen LogP contribution in [0.25, 0.3) is 0 Å². The highest BCUT2D eigenvalue weighted by molar-refractivity contribution is 6.12. The first-order valence-electron chi connectivity index (χ1n) is 5.22. The number of carbonyl (C=O) groups excluding carboxylic acids is 2. The number of rotatable bonds is 4. The van der Waals surface area contributed by atoms with Gasteiger partial charge in [0.15, 0.2) is 0 Å². The summed E-state index contributed by atoms with van der Waals surface area (Å²) in [6, 6.07) is 0. The molecule has 4 heteroatoms. The lowest BCUT2D eigenvalue weighted by molar-refractivity contribution is -0.136. The molecule has 0 spiro atoms. The summed E-state index contributed by atoms with van der Waals surface area (Å²) in [4.78, 5) is 23.7. The highest BCUT2D eigenvalue weighted by atomic mass is 16.6. The summed E-state index contributed by atoms with van der Waals surface area (Å²) in [6.45, 7) is 4.59. The lowest BCUT2D eigenvalue weighted by atomic mass is 10.1. The molecular formula is C11H15NO3. The van der Waals surface area contributed by atoms with Crippen LogP contribution in [0.2, 0.25) is 0 Å². The normalized spacial score (nSPS) is 27.6. The van der Waals surface area contributed by atoms with E-state index in [-0.39, 0.29) is 17.4 Å². The molecule has 2 amide bonds. The summed E-state index contributed by atoms with van der Waals surface area (Å²) >= 11 is 0. The van der Waals surface area contributed by atoms with Gasteiger partial charge in [0.25, 0.3) is 11.8 Å². The predicted molar refractivity (Wildman–Crippen MR) is 54.0 cm³/mol. The van der Waals surface area contributed by atoms with Crippen LogP contribution in [0.1, 0.15) is 26.7 Å². The Morgan fingerprint density at radius 1 is 1.33 bits per heavy atom. The van der Waals surface area contributed by atoms with E-state index in [1.807, 2.05) is 13.8 Å². The number of carbonyl (C=O) groups is 2. The number of hydrogen-bond acceptors (Lipinski definition) is 3. The van der Waals surface area contributed by atoms with E-state index in [1.165, 1.54) is 17.1 Å². The van der Waals surface area contributed by atoms with E-state index in [0.717, 1.165) is 12.8 Å². The molecule has 2 aliphatic rings. The Morgan fingerprint density at radius 2 is 1.87 bits per heavy atom. The molecule has 1 unspecified atom stereocenters. The first-order valence-corrected chi connectivity index (χ1v) is 5.22. The molecule has 1 saturated heterocycles. The quantitative estimate of drug-likeness (QED) is 0.510. The summed E-state index contributed by atoms with van der Waals surface area (Å²) in [5, 5.41) is 0. The maximum absolute atomic E-state index is 11.2. The zero-order valence-electron chi connectivity index (χ0n) is 9.03. The van der Waals surface area contributed by atoms with Crippen molar-refractivity contribution in [3.8, 4) is 0 Å². The van der Waals surface area contributed by atoms with E-state index in [2.05, 4.69) is 0 Å². The number of hydrogen-bond donors (Lipinski definition) is 0. The number of imide groups is 1. The van der Waals surface area contributed by atoms with Crippen LogP contribution in [0.3, 0.4) is 0 Å². The van der Waals surface area contributed by atoms with Gasteiger partial charge in [-0.05, 0) is 26.7 Å². The Bertz CT molecular complexity index is 315. The van der Waals surface area contributed by atoms with Gasteiger partial charge in [-0.25, -0.2) is 0 Å². The van der Waals surface area contributed by atoms with Crippen molar-refractivity contribution >= 4 is 11.8 Å². The van der Waals surface area contributed by atoms with Crippen molar-refractivity contribution in [3.05, 3.63) is 12.2 Å². The van der Waals surface area contributed by atoms with Crippen LogP contribution in [0, 0.1) is 0 Å². The number of amides is 2. The van der Waals surface area contributed by atoms with Crippen LogP contribution in [-0.2, 0) is 14.3 Å². The van der Waals surface area contributed by atoms with Crippen molar-refractivity contribution in [1.82, 2.24) is 4.90 Å². The molecular weight excluding hydrogens is 194 g/mol. The predicted octanol–water partition coefficient (Wildman–Crippen LogP) is 0.869. The van der Waals surface area contributed by atoms with E-state index in [4.69, 9.17) is 4.74 Å². The monoisotopic (exact) mass is 209 g/mol. The van der Waals surface area contributed by atoms with Crippen molar-refractivity contribution in [3.63, 3.8) is 0 Å². The molecule has 2 rings (SSSR count). The number of ether oxygens (including phenoxy) is 1. The second-order valence-corrected chi connectivity index (χ2v) is 4.51. The molecule has 0 aliphatic carbocycles. The highest BCUT2D eigenvalue weighted by Crippen LogP contribution is 2.38. The van der Waals surface area contributed by atoms with Crippen LogP contribution >= 0.6 is 0 Å². The van der Waals surface area contributed by atoms with Gasteiger partial charge < -0.3 is 4.74 Å². The molecule has 0 aromatic heterocycles. The third kappa shape index (κ3) is 2.09. The fourth-order valence-corrected chi connectivity index (χ4v) is 1.83.